The Morgan fingerprint density at radius 3 is 2.33 bits per heavy atom. The van der Waals surface area contributed by atoms with Gasteiger partial charge in [-0.15, -0.1) is 0 Å². The van der Waals surface area contributed by atoms with Gasteiger partial charge in [-0.3, -0.25) is 4.84 Å². The molecule has 1 saturated heterocycles. The molecule has 70 valence electrons. The topological polar surface area (TPSA) is 41.6 Å². The van der Waals surface area contributed by atoms with Gasteiger partial charge < -0.3 is 4.90 Å². The van der Waals surface area contributed by atoms with E-state index in [0.29, 0.717) is 0 Å². The SMILES string of the molecule is CONC(=O)N1CCCCCC1. The molecule has 1 aliphatic rings. The molecule has 0 unspecified atom stereocenters. The molecule has 12 heavy (non-hydrogen) atoms. The van der Waals surface area contributed by atoms with Crippen LogP contribution in [0, 0.1) is 0 Å². The molecule has 0 aromatic heterocycles. The fourth-order valence-corrected chi connectivity index (χ4v) is 1.43. The summed E-state index contributed by atoms with van der Waals surface area (Å²) < 4.78 is 0. The molecular formula is C8H16N2O2. The molecule has 4 heteroatoms. The van der Waals surface area contributed by atoms with Crippen LogP contribution in [0.15, 0.2) is 0 Å². The first-order chi connectivity index (χ1) is 5.84. The lowest BCUT2D eigenvalue weighted by Gasteiger charge is -2.19. The lowest BCUT2D eigenvalue weighted by molar-refractivity contribution is 0.0873. The predicted molar refractivity (Wildman–Crippen MR) is 45.6 cm³/mol. The minimum absolute atomic E-state index is 0.112. The van der Waals surface area contributed by atoms with Crippen molar-refractivity contribution in [3.8, 4) is 0 Å². The summed E-state index contributed by atoms with van der Waals surface area (Å²) in [4.78, 5) is 17.6. The second kappa shape index (κ2) is 4.98. The second-order valence-corrected chi connectivity index (χ2v) is 3.01. The van der Waals surface area contributed by atoms with Crippen LogP contribution in [0.5, 0.6) is 0 Å². The van der Waals surface area contributed by atoms with Crippen molar-refractivity contribution < 1.29 is 9.63 Å². The van der Waals surface area contributed by atoms with Crippen LogP contribution in [-0.4, -0.2) is 31.1 Å². The van der Waals surface area contributed by atoms with Crippen molar-refractivity contribution in [2.24, 2.45) is 0 Å². The van der Waals surface area contributed by atoms with Gasteiger partial charge >= 0.3 is 6.03 Å². The summed E-state index contributed by atoms with van der Waals surface area (Å²) in [7, 11) is 1.45. The summed E-state index contributed by atoms with van der Waals surface area (Å²) in [6, 6.07) is -0.112. The Balaban J connectivity index is 2.32. The molecule has 1 rings (SSSR count). The Bertz CT molecular complexity index is 142. The molecule has 1 heterocycles. The zero-order valence-corrected chi connectivity index (χ0v) is 7.51. The summed E-state index contributed by atoms with van der Waals surface area (Å²) in [5, 5.41) is 0. The Morgan fingerprint density at radius 2 is 1.83 bits per heavy atom. The third-order valence-electron chi connectivity index (χ3n) is 2.08. The van der Waals surface area contributed by atoms with Crippen LogP contribution in [0.4, 0.5) is 4.79 Å². The molecule has 0 aliphatic carbocycles. The lowest BCUT2D eigenvalue weighted by atomic mass is 10.2. The Labute approximate surface area is 72.8 Å². The van der Waals surface area contributed by atoms with Crippen molar-refractivity contribution in [2.45, 2.75) is 25.7 Å². The van der Waals surface area contributed by atoms with E-state index in [0.717, 1.165) is 25.9 Å². The molecule has 1 aliphatic heterocycles. The largest absolute Gasteiger partial charge is 0.341 e. The minimum atomic E-state index is -0.112. The number of likely N-dealkylation sites (tertiary alicyclic amines) is 1. The van der Waals surface area contributed by atoms with Crippen molar-refractivity contribution in [1.82, 2.24) is 10.4 Å². The first-order valence-corrected chi connectivity index (χ1v) is 4.42. The number of nitrogens with zero attached hydrogens (tertiary/aromatic N) is 1. The van der Waals surface area contributed by atoms with E-state index in [4.69, 9.17) is 0 Å². The van der Waals surface area contributed by atoms with E-state index in [2.05, 4.69) is 10.3 Å². The van der Waals surface area contributed by atoms with Gasteiger partial charge in [0.05, 0.1) is 7.11 Å². The number of rotatable bonds is 1. The number of carbonyl (C=O) groups excluding carboxylic acids is 1. The molecule has 0 bridgehead atoms. The van der Waals surface area contributed by atoms with Crippen LogP contribution in [-0.2, 0) is 4.84 Å². The van der Waals surface area contributed by atoms with E-state index in [-0.39, 0.29) is 6.03 Å². The van der Waals surface area contributed by atoms with Gasteiger partial charge in [0.25, 0.3) is 0 Å². The van der Waals surface area contributed by atoms with Crippen molar-refractivity contribution in [1.29, 1.82) is 0 Å². The Hall–Kier alpha value is -0.770. The van der Waals surface area contributed by atoms with E-state index in [9.17, 15) is 4.79 Å². The molecule has 0 aromatic rings. The van der Waals surface area contributed by atoms with Gasteiger partial charge in [0.2, 0.25) is 0 Å². The average Bonchev–Trinajstić information content (AvgIpc) is 2.32. The molecule has 0 saturated carbocycles. The first kappa shape index (κ1) is 9.32. The Morgan fingerprint density at radius 1 is 1.25 bits per heavy atom. The maximum absolute atomic E-state index is 11.2. The van der Waals surface area contributed by atoms with Gasteiger partial charge in [-0.1, -0.05) is 12.8 Å². The van der Waals surface area contributed by atoms with Crippen LogP contribution in [0.1, 0.15) is 25.7 Å². The summed E-state index contributed by atoms with van der Waals surface area (Å²) in [6.45, 7) is 1.71. The molecule has 0 atom stereocenters. The second-order valence-electron chi connectivity index (χ2n) is 3.01. The summed E-state index contributed by atoms with van der Waals surface area (Å²) >= 11 is 0. The number of amides is 2. The number of urea groups is 1. The molecule has 4 nitrogen and oxygen atoms in total. The highest BCUT2D eigenvalue weighted by molar-refractivity contribution is 5.72. The number of hydrogen-bond acceptors (Lipinski definition) is 2. The van der Waals surface area contributed by atoms with Gasteiger partial charge in [-0.25, -0.2) is 10.3 Å². The maximum Gasteiger partial charge on any atom is 0.341 e. The standard InChI is InChI=1S/C8H16N2O2/c1-12-9-8(11)10-6-4-2-3-5-7-10/h2-7H2,1H3,(H,9,11). The highest BCUT2D eigenvalue weighted by Crippen LogP contribution is 2.09. The quantitative estimate of drug-likeness (QED) is 0.602. The van der Waals surface area contributed by atoms with Crippen molar-refractivity contribution in [3.63, 3.8) is 0 Å². The third kappa shape index (κ3) is 2.70. The average molecular weight is 172 g/mol. The molecule has 2 amide bonds. The molecule has 0 spiro atoms. The van der Waals surface area contributed by atoms with Gasteiger partial charge in [0.15, 0.2) is 0 Å². The molecule has 0 radical (unpaired) electrons. The fourth-order valence-electron chi connectivity index (χ4n) is 1.43. The van der Waals surface area contributed by atoms with Crippen LogP contribution >= 0.6 is 0 Å². The highest BCUT2D eigenvalue weighted by Gasteiger charge is 2.14. The zero-order valence-electron chi connectivity index (χ0n) is 7.51. The highest BCUT2D eigenvalue weighted by atomic mass is 16.6. The molecule has 1 N–H and O–H groups in total. The van der Waals surface area contributed by atoms with Crippen LogP contribution in [0.3, 0.4) is 0 Å². The minimum Gasteiger partial charge on any atom is -0.323 e. The smallest absolute Gasteiger partial charge is 0.323 e. The number of hydrogen-bond donors (Lipinski definition) is 1. The molecule has 0 aromatic carbocycles. The summed E-state index contributed by atoms with van der Waals surface area (Å²) in [5.41, 5.74) is 2.33. The lowest BCUT2D eigenvalue weighted by Crippen LogP contribution is -2.39. The number of hydroxylamine groups is 1. The van der Waals surface area contributed by atoms with Crippen LogP contribution < -0.4 is 5.48 Å². The fraction of sp³-hybridized carbons (Fsp3) is 0.875. The van der Waals surface area contributed by atoms with Crippen LogP contribution in [0.2, 0.25) is 0 Å². The van der Waals surface area contributed by atoms with E-state index >= 15 is 0 Å². The van der Waals surface area contributed by atoms with Gasteiger partial charge in [0, 0.05) is 13.1 Å². The third-order valence-corrected chi connectivity index (χ3v) is 2.08. The van der Waals surface area contributed by atoms with Crippen LogP contribution in [0.25, 0.3) is 0 Å². The monoisotopic (exact) mass is 172 g/mol. The van der Waals surface area contributed by atoms with Gasteiger partial charge in [-0.05, 0) is 12.8 Å². The maximum atomic E-state index is 11.2. The van der Waals surface area contributed by atoms with E-state index in [1.807, 2.05) is 0 Å². The van der Waals surface area contributed by atoms with E-state index in [1.165, 1.54) is 20.0 Å². The van der Waals surface area contributed by atoms with Crippen molar-refractivity contribution in [3.05, 3.63) is 0 Å². The number of nitrogens with one attached hydrogen (secondary N) is 1. The van der Waals surface area contributed by atoms with E-state index in [1.54, 1.807) is 4.90 Å². The molecule has 1 fully saturated rings. The molecular weight excluding hydrogens is 156 g/mol. The van der Waals surface area contributed by atoms with Gasteiger partial charge in [0.1, 0.15) is 0 Å². The van der Waals surface area contributed by atoms with E-state index < -0.39 is 0 Å². The van der Waals surface area contributed by atoms with Gasteiger partial charge in [-0.2, -0.15) is 0 Å². The zero-order chi connectivity index (χ0) is 8.81. The Kier molecular flexibility index (Phi) is 3.87. The summed E-state index contributed by atoms with van der Waals surface area (Å²) in [5.74, 6) is 0. The first-order valence-electron chi connectivity index (χ1n) is 4.42. The normalized spacial score (nSPS) is 18.6. The number of carbonyl (C=O) groups is 1. The predicted octanol–water partition coefficient (Wildman–Crippen LogP) is 1.13. The van der Waals surface area contributed by atoms with Crippen molar-refractivity contribution >= 4 is 6.03 Å². The van der Waals surface area contributed by atoms with Crippen molar-refractivity contribution in [2.75, 3.05) is 20.2 Å². The summed E-state index contributed by atoms with van der Waals surface area (Å²) in [6.07, 6.45) is 4.68.